The molecule has 0 bridgehead atoms. The molecule has 122 valence electrons. The summed E-state index contributed by atoms with van der Waals surface area (Å²) in [6, 6.07) is 6.24. The Morgan fingerprint density at radius 1 is 0.955 bits per heavy atom. The highest BCUT2D eigenvalue weighted by Gasteiger charge is 2.42. The fraction of sp³-hybridized carbons (Fsp3) is 0. The summed E-state index contributed by atoms with van der Waals surface area (Å²) in [5.41, 5.74) is 0.630. The van der Waals surface area contributed by atoms with Gasteiger partial charge in [-0.2, -0.15) is 13.4 Å². The van der Waals surface area contributed by atoms with Crippen LogP contribution in [0.4, 0.5) is 0 Å². The molecule has 0 amide bonds. The first-order valence-corrected chi connectivity index (χ1v) is 9.76. The average Bonchev–Trinajstić information content (AvgIpc) is 2.67. The molecule has 0 aliphatic heterocycles. The molecule has 1 aromatic carbocycles. The van der Waals surface area contributed by atoms with Crippen molar-refractivity contribution >= 4 is 34.5 Å². The second-order valence-corrected chi connectivity index (χ2v) is 8.06. The van der Waals surface area contributed by atoms with Gasteiger partial charge in [-0.15, -0.1) is 0 Å². The third kappa shape index (κ3) is 4.72. The van der Waals surface area contributed by atoms with Gasteiger partial charge in [-0.05, 0) is 12.1 Å². The van der Waals surface area contributed by atoms with Gasteiger partial charge < -0.3 is 19.3 Å². The first-order valence-electron chi connectivity index (χ1n) is 5.23. The monoisotopic (exact) mass is 374 g/mol. The van der Waals surface area contributed by atoms with Crippen molar-refractivity contribution < 1.29 is 46.5 Å². The van der Waals surface area contributed by atoms with E-state index in [2.05, 4.69) is 18.2 Å². The summed E-state index contributed by atoms with van der Waals surface area (Å²) in [4.78, 5) is 39.0. The maximum atomic E-state index is 11.6. The zero-order chi connectivity index (χ0) is 16.6. The Labute approximate surface area is 122 Å². The van der Waals surface area contributed by atoms with Crippen molar-refractivity contribution in [2.24, 2.45) is 0 Å². The summed E-state index contributed by atoms with van der Waals surface area (Å²) in [6.45, 7) is 0. The molecule has 0 fully saturated rings. The van der Waals surface area contributed by atoms with E-state index >= 15 is 0 Å². The summed E-state index contributed by atoms with van der Waals surface area (Å²) < 4.78 is 45.6. The highest BCUT2D eigenvalue weighted by atomic mass is 31.3. The zero-order valence-electron chi connectivity index (χ0n) is 10.4. The van der Waals surface area contributed by atoms with Crippen molar-refractivity contribution in [3.05, 3.63) is 30.6 Å². The third-order valence-corrected chi connectivity index (χ3v) is 5.74. The Bertz CT molecular complexity index is 827. The van der Waals surface area contributed by atoms with Gasteiger partial charge in [0, 0.05) is 0 Å². The SMILES string of the molecule is O=P(O)(O)OP(=O)(O)OP(=O)(O)On1cnc2ccccc21. The smallest absolute Gasteiger partial charge is 0.309 e. The lowest BCUT2D eigenvalue weighted by molar-refractivity contribution is 0.164. The molecule has 0 spiro atoms. The van der Waals surface area contributed by atoms with E-state index < -0.39 is 23.5 Å². The van der Waals surface area contributed by atoms with Crippen LogP contribution < -0.4 is 4.62 Å². The lowest BCUT2D eigenvalue weighted by Gasteiger charge is -2.16. The second-order valence-electron chi connectivity index (χ2n) is 3.73. The molecule has 1 aromatic heterocycles. The molecule has 4 N–H and O–H groups in total. The second kappa shape index (κ2) is 5.86. The number of phosphoric acid groups is 3. The average molecular weight is 374 g/mol. The number of fused-ring (bicyclic) bond motifs is 1. The van der Waals surface area contributed by atoms with Gasteiger partial charge in [0.2, 0.25) is 0 Å². The Morgan fingerprint density at radius 3 is 2.23 bits per heavy atom. The van der Waals surface area contributed by atoms with Crippen LogP contribution in [0.25, 0.3) is 11.0 Å². The van der Waals surface area contributed by atoms with Crippen LogP contribution in [-0.2, 0) is 22.3 Å². The molecule has 12 nitrogen and oxygen atoms in total. The molecule has 0 saturated carbocycles. The van der Waals surface area contributed by atoms with Crippen LogP contribution in [0.3, 0.4) is 0 Å². The fourth-order valence-electron chi connectivity index (χ4n) is 1.41. The number of hydrogen-bond donors (Lipinski definition) is 4. The lowest BCUT2D eigenvalue weighted by atomic mass is 10.3. The maximum absolute atomic E-state index is 11.6. The van der Waals surface area contributed by atoms with Gasteiger partial charge in [-0.3, -0.25) is 4.89 Å². The molecule has 0 aliphatic carbocycles. The number of rotatable bonds is 6. The Kier molecular flexibility index (Phi) is 4.61. The normalized spacial score (nSPS) is 17.8. The fourth-order valence-corrected chi connectivity index (χ4v) is 4.39. The lowest BCUT2D eigenvalue weighted by Crippen LogP contribution is -2.09. The van der Waals surface area contributed by atoms with Gasteiger partial charge in [0.1, 0.15) is 11.8 Å². The van der Waals surface area contributed by atoms with Crippen LogP contribution in [0.1, 0.15) is 0 Å². The molecule has 1 heterocycles. The van der Waals surface area contributed by atoms with Crippen LogP contribution in [-0.4, -0.2) is 29.3 Å². The van der Waals surface area contributed by atoms with E-state index in [1.54, 1.807) is 18.2 Å². The largest absolute Gasteiger partial charge is 0.555 e. The third-order valence-electron chi connectivity index (χ3n) is 2.03. The van der Waals surface area contributed by atoms with E-state index in [-0.39, 0.29) is 5.52 Å². The molecule has 0 aliphatic rings. The molecule has 15 heteroatoms. The van der Waals surface area contributed by atoms with Crippen molar-refractivity contribution in [2.75, 3.05) is 0 Å². The van der Waals surface area contributed by atoms with Crippen LogP contribution in [0.2, 0.25) is 0 Å². The molecule has 2 unspecified atom stereocenters. The highest BCUT2D eigenvalue weighted by Crippen LogP contribution is 2.65. The molecule has 2 aromatic rings. The highest BCUT2D eigenvalue weighted by molar-refractivity contribution is 7.66. The summed E-state index contributed by atoms with van der Waals surface area (Å²) in [7, 11) is -16.2. The van der Waals surface area contributed by atoms with Gasteiger partial charge >= 0.3 is 23.5 Å². The van der Waals surface area contributed by atoms with Gasteiger partial charge in [0.25, 0.3) is 0 Å². The molecule has 2 atom stereocenters. The van der Waals surface area contributed by atoms with E-state index in [1.165, 1.54) is 6.07 Å². The van der Waals surface area contributed by atoms with Crippen LogP contribution in [0.15, 0.2) is 30.6 Å². The standard InChI is InChI=1S/C7H9N2O10P3/c10-20(11,12)18-22(15,16)19-21(13,14)17-9-5-8-6-3-1-2-4-7(6)9/h1-5H,(H,13,14)(H,15,16)(H2,10,11,12). The number of aromatic nitrogens is 2. The molecule has 22 heavy (non-hydrogen) atoms. The van der Waals surface area contributed by atoms with Crippen LogP contribution in [0, 0.1) is 0 Å². The van der Waals surface area contributed by atoms with Gasteiger partial charge in [-0.1, -0.05) is 12.1 Å². The van der Waals surface area contributed by atoms with Gasteiger partial charge in [-0.25, -0.2) is 18.7 Å². The first-order chi connectivity index (χ1) is 9.98. The van der Waals surface area contributed by atoms with E-state index in [0.29, 0.717) is 10.2 Å². The maximum Gasteiger partial charge on any atom is 0.555 e. The van der Waals surface area contributed by atoms with Crippen LogP contribution >= 0.6 is 23.5 Å². The Hall–Kier alpha value is -1.06. The molecular formula is C7H9N2O10P3. The first kappa shape index (κ1) is 17.3. The van der Waals surface area contributed by atoms with E-state index in [9.17, 15) is 18.6 Å². The van der Waals surface area contributed by atoms with Crippen molar-refractivity contribution in [1.29, 1.82) is 0 Å². The topological polar surface area (TPSA) is 178 Å². The molecule has 0 saturated heterocycles. The predicted molar refractivity (Wildman–Crippen MR) is 70.2 cm³/mol. The van der Waals surface area contributed by atoms with E-state index in [4.69, 9.17) is 14.7 Å². The Balaban J connectivity index is 2.19. The molecule has 0 radical (unpaired) electrons. The predicted octanol–water partition coefficient (Wildman–Crippen LogP) is 0.792. The van der Waals surface area contributed by atoms with Crippen LogP contribution in [0.5, 0.6) is 0 Å². The number of benzene rings is 1. The minimum absolute atomic E-state index is 0.240. The van der Waals surface area contributed by atoms with E-state index in [1.807, 2.05) is 0 Å². The number of imidazole rings is 1. The zero-order valence-corrected chi connectivity index (χ0v) is 13.0. The minimum Gasteiger partial charge on any atom is -0.309 e. The van der Waals surface area contributed by atoms with Gasteiger partial charge in [0.05, 0.1) is 5.52 Å². The quantitative estimate of drug-likeness (QED) is 0.525. The Morgan fingerprint density at radius 2 is 1.59 bits per heavy atom. The van der Waals surface area contributed by atoms with Gasteiger partial charge in [0.15, 0.2) is 0 Å². The summed E-state index contributed by atoms with van der Waals surface area (Å²) in [5, 5.41) is 0. The number of para-hydroxylation sites is 2. The number of nitrogens with zero attached hydrogens (tertiary/aromatic N) is 2. The summed E-state index contributed by atoms with van der Waals surface area (Å²) >= 11 is 0. The van der Waals surface area contributed by atoms with Crippen molar-refractivity contribution in [2.45, 2.75) is 0 Å². The summed E-state index contributed by atoms with van der Waals surface area (Å²) in [5.74, 6) is 0. The van der Waals surface area contributed by atoms with E-state index in [0.717, 1.165) is 6.33 Å². The molecular weight excluding hydrogens is 365 g/mol. The molecule has 2 rings (SSSR count). The minimum atomic E-state index is -5.55. The van der Waals surface area contributed by atoms with Crippen molar-refractivity contribution in [3.63, 3.8) is 0 Å². The van der Waals surface area contributed by atoms with Crippen molar-refractivity contribution in [1.82, 2.24) is 9.71 Å². The number of hydrogen-bond acceptors (Lipinski definition) is 7. The summed E-state index contributed by atoms with van der Waals surface area (Å²) in [6.07, 6.45) is 0.989. The van der Waals surface area contributed by atoms with Crippen molar-refractivity contribution in [3.8, 4) is 0 Å².